The lowest BCUT2D eigenvalue weighted by atomic mass is 10.2. The second-order valence-corrected chi connectivity index (χ2v) is 7.32. The topological polar surface area (TPSA) is 60.0 Å². The summed E-state index contributed by atoms with van der Waals surface area (Å²) in [7, 11) is 0. The standard InChI is InChI=1S/C20H26FN5OS/c1-2-22-20(26-13-11-25(12-14-26)18-8-5-15-28-18)24-10-9-23-19(27)16-6-3-4-7-17(16)21/h3-8,15H,2,9-14H2,1H3,(H,22,24)(H,23,27). The van der Waals surface area contributed by atoms with Crippen molar-refractivity contribution in [1.82, 2.24) is 15.5 Å². The maximum Gasteiger partial charge on any atom is 0.254 e. The highest BCUT2D eigenvalue weighted by atomic mass is 32.1. The summed E-state index contributed by atoms with van der Waals surface area (Å²) in [5.41, 5.74) is 0.0584. The zero-order chi connectivity index (χ0) is 19.8. The van der Waals surface area contributed by atoms with Crippen LogP contribution in [0.1, 0.15) is 17.3 Å². The highest BCUT2D eigenvalue weighted by molar-refractivity contribution is 7.14. The molecule has 1 amide bonds. The van der Waals surface area contributed by atoms with Crippen molar-refractivity contribution in [1.29, 1.82) is 0 Å². The zero-order valence-corrected chi connectivity index (χ0v) is 16.8. The van der Waals surface area contributed by atoms with Crippen LogP contribution in [0.15, 0.2) is 46.8 Å². The van der Waals surface area contributed by atoms with Gasteiger partial charge in [-0.1, -0.05) is 12.1 Å². The van der Waals surface area contributed by atoms with E-state index in [4.69, 9.17) is 0 Å². The SMILES string of the molecule is CCNC(=NCCNC(=O)c1ccccc1F)N1CCN(c2cccs2)CC1. The van der Waals surface area contributed by atoms with E-state index < -0.39 is 11.7 Å². The van der Waals surface area contributed by atoms with Gasteiger partial charge in [-0.15, -0.1) is 11.3 Å². The highest BCUT2D eigenvalue weighted by Gasteiger charge is 2.20. The van der Waals surface area contributed by atoms with Crippen LogP contribution in [0.2, 0.25) is 0 Å². The molecule has 0 aliphatic carbocycles. The van der Waals surface area contributed by atoms with Gasteiger partial charge in [0.2, 0.25) is 0 Å². The molecule has 1 aliphatic heterocycles. The Labute approximate surface area is 169 Å². The van der Waals surface area contributed by atoms with Gasteiger partial charge in [0.05, 0.1) is 17.1 Å². The summed E-state index contributed by atoms with van der Waals surface area (Å²) in [6.45, 7) is 7.31. The molecule has 1 fully saturated rings. The minimum Gasteiger partial charge on any atom is -0.360 e. The third-order valence-corrected chi connectivity index (χ3v) is 5.44. The second kappa shape index (κ2) is 10.1. The molecule has 2 aromatic rings. The van der Waals surface area contributed by atoms with Gasteiger partial charge in [0.25, 0.3) is 5.91 Å². The van der Waals surface area contributed by atoms with Gasteiger partial charge in [0.15, 0.2) is 5.96 Å². The van der Waals surface area contributed by atoms with Crippen LogP contribution in [0.5, 0.6) is 0 Å². The Morgan fingerprint density at radius 1 is 1.14 bits per heavy atom. The number of guanidine groups is 1. The number of halogens is 1. The van der Waals surface area contributed by atoms with Gasteiger partial charge in [-0.25, -0.2) is 4.39 Å². The Morgan fingerprint density at radius 3 is 2.61 bits per heavy atom. The second-order valence-electron chi connectivity index (χ2n) is 6.40. The first kappa shape index (κ1) is 20.1. The van der Waals surface area contributed by atoms with Gasteiger partial charge in [-0.3, -0.25) is 9.79 Å². The number of nitrogens with zero attached hydrogens (tertiary/aromatic N) is 3. The van der Waals surface area contributed by atoms with Gasteiger partial charge >= 0.3 is 0 Å². The van der Waals surface area contributed by atoms with Crippen LogP contribution in [-0.4, -0.2) is 62.6 Å². The summed E-state index contributed by atoms with van der Waals surface area (Å²) in [6.07, 6.45) is 0. The van der Waals surface area contributed by atoms with Crippen molar-refractivity contribution in [2.75, 3.05) is 50.7 Å². The van der Waals surface area contributed by atoms with Crippen molar-refractivity contribution < 1.29 is 9.18 Å². The van der Waals surface area contributed by atoms with Crippen LogP contribution in [0.25, 0.3) is 0 Å². The van der Waals surface area contributed by atoms with E-state index in [0.717, 1.165) is 38.7 Å². The molecule has 0 bridgehead atoms. The molecule has 28 heavy (non-hydrogen) atoms. The average Bonchev–Trinajstić information content (AvgIpc) is 3.25. The number of hydrogen-bond acceptors (Lipinski definition) is 4. The van der Waals surface area contributed by atoms with Crippen LogP contribution in [-0.2, 0) is 0 Å². The molecule has 0 unspecified atom stereocenters. The smallest absolute Gasteiger partial charge is 0.254 e. The Morgan fingerprint density at radius 2 is 1.93 bits per heavy atom. The number of amides is 1. The van der Waals surface area contributed by atoms with E-state index >= 15 is 0 Å². The molecule has 1 aromatic carbocycles. The van der Waals surface area contributed by atoms with E-state index in [1.165, 1.54) is 17.1 Å². The molecule has 0 atom stereocenters. The van der Waals surface area contributed by atoms with Crippen LogP contribution in [0, 0.1) is 5.82 Å². The molecule has 2 heterocycles. The minimum atomic E-state index is -0.513. The van der Waals surface area contributed by atoms with E-state index in [-0.39, 0.29) is 5.56 Å². The quantitative estimate of drug-likeness (QED) is 0.442. The number of aliphatic imine (C=N–C) groups is 1. The monoisotopic (exact) mass is 403 g/mol. The molecule has 3 rings (SSSR count). The van der Waals surface area contributed by atoms with Crippen molar-refractivity contribution in [3.05, 3.63) is 53.2 Å². The molecule has 6 nitrogen and oxygen atoms in total. The molecular formula is C20H26FN5OS. The van der Waals surface area contributed by atoms with Crippen LogP contribution in [0.3, 0.4) is 0 Å². The van der Waals surface area contributed by atoms with E-state index in [0.29, 0.717) is 13.1 Å². The fraction of sp³-hybridized carbons (Fsp3) is 0.400. The predicted octanol–water partition coefficient (Wildman–Crippen LogP) is 2.40. The lowest BCUT2D eigenvalue weighted by Crippen LogP contribution is -2.52. The van der Waals surface area contributed by atoms with Crippen LogP contribution in [0.4, 0.5) is 9.39 Å². The van der Waals surface area contributed by atoms with Gasteiger partial charge in [0, 0.05) is 39.3 Å². The lowest BCUT2D eigenvalue weighted by Gasteiger charge is -2.37. The summed E-state index contributed by atoms with van der Waals surface area (Å²) in [4.78, 5) is 21.3. The van der Waals surface area contributed by atoms with E-state index in [2.05, 4.69) is 42.9 Å². The maximum absolute atomic E-state index is 13.6. The van der Waals surface area contributed by atoms with Crippen LogP contribution < -0.4 is 15.5 Å². The summed E-state index contributed by atoms with van der Waals surface area (Å²) in [6, 6.07) is 10.2. The number of thiophene rings is 1. The van der Waals surface area contributed by atoms with E-state index in [1.807, 2.05) is 6.92 Å². The highest BCUT2D eigenvalue weighted by Crippen LogP contribution is 2.22. The Hall–Kier alpha value is -2.61. The number of benzene rings is 1. The third kappa shape index (κ3) is 5.22. The molecule has 150 valence electrons. The number of carbonyl (C=O) groups is 1. The fourth-order valence-corrected chi connectivity index (χ4v) is 3.87. The van der Waals surface area contributed by atoms with Crippen molar-refractivity contribution in [2.45, 2.75) is 6.92 Å². The lowest BCUT2D eigenvalue weighted by molar-refractivity contribution is 0.0950. The molecular weight excluding hydrogens is 377 g/mol. The normalized spacial score (nSPS) is 14.9. The number of carbonyl (C=O) groups excluding carboxylic acids is 1. The summed E-state index contributed by atoms with van der Waals surface area (Å²) >= 11 is 1.76. The first-order valence-electron chi connectivity index (χ1n) is 9.53. The van der Waals surface area contributed by atoms with E-state index in [1.54, 1.807) is 23.5 Å². The Balaban J connectivity index is 1.49. The number of hydrogen-bond donors (Lipinski definition) is 2. The van der Waals surface area contributed by atoms with Gasteiger partial charge in [-0.2, -0.15) is 0 Å². The van der Waals surface area contributed by atoms with Gasteiger partial charge in [0.1, 0.15) is 5.82 Å². The maximum atomic E-state index is 13.6. The number of rotatable bonds is 6. The summed E-state index contributed by atoms with van der Waals surface area (Å²) < 4.78 is 13.6. The molecule has 8 heteroatoms. The summed E-state index contributed by atoms with van der Waals surface area (Å²) in [5, 5.41) is 9.45. The number of anilines is 1. The van der Waals surface area contributed by atoms with Crippen molar-refractivity contribution in [2.24, 2.45) is 4.99 Å². The predicted molar refractivity (Wildman–Crippen MR) is 113 cm³/mol. The molecule has 1 aliphatic rings. The van der Waals surface area contributed by atoms with Crippen molar-refractivity contribution in [3.8, 4) is 0 Å². The van der Waals surface area contributed by atoms with Crippen LogP contribution >= 0.6 is 11.3 Å². The molecule has 0 radical (unpaired) electrons. The number of piperazine rings is 1. The third-order valence-electron chi connectivity index (χ3n) is 4.51. The zero-order valence-electron chi connectivity index (χ0n) is 16.0. The fourth-order valence-electron chi connectivity index (χ4n) is 3.09. The molecule has 0 saturated carbocycles. The molecule has 1 saturated heterocycles. The van der Waals surface area contributed by atoms with E-state index in [9.17, 15) is 9.18 Å². The Kier molecular flexibility index (Phi) is 7.25. The molecule has 1 aromatic heterocycles. The Bertz CT molecular complexity index is 788. The first-order chi connectivity index (χ1) is 13.7. The van der Waals surface area contributed by atoms with Gasteiger partial charge < -0.3 is 20.4 Å². The molecule has 0 spiro atoms. The van der Waals surface area contributed by atoms with Crippen molar-refractivity contribution in [3.63, 3.8) is 0 Å². The minimum absolute atomic E-state index is 0.0584. The molecule has 2 N–H and O–H groups in total. The first-order valence-corrected chi connectivity index (χ1v) is 10.4. The van der Waals surface area contributed by atoms with Gasteiger partial charge in [-0.05, 0) is 36.6 Å². The largest absolute Gasteiger partial charge is 0.360 e. The van der Waals surface area contributed by atoms with Crippen molar-refractivity contribution >= 4 is 28.2 Å². The summed E-state index contributed by atoms with van der Waals surface area (Å²) in [5.74, 6) is -0.0724. The average molecular weight is 404 g/mol. The number of nitrogens with one attached hydrogen (secondary N) is 2.